The van der Waals surface area contributed by atoms with Gasteiger partial charge in [-0.25, -0.2) is 9.38 Å². The van der Waals surface area contributed by atoms with Crippen LogP contribution in [0.3, 0.4) is 0 Å². The fraction of sp³-hybridized carbons (Fsp3) is 0.333. The molecule has 2 aromatic heterocycles. The number of nitrogens with zero attached hydrogens (tertiary/aromatic N) is 4. The Morgan fingerprint density at radius 3 is 3.08 bits per heavy atom. The largest absolute Gasteiger partial charge is 0.379 e. The van der Waals surface area contributed by atoms with Crippen LogP contribution in [0.25, 0.3) is 0 Å². The number of nitrogens with one attached hydrogen (secondary N) is 1. The van der Waals surface area contributed by atoms with E-state index in [1.54, 1.807) is 30.1 Å². The maximum atomic E-state index is 13.7. The number of aromatic nitrogens is 3. The predicted molar refractivity (Wildman–Crippen MR) is 91.7 cm³/mol. The number of aryl methyl sites for hydroxylation is 1. The van der Waals surface area contributed by atoms with Crippen molar-refractivity contribution >= 4 is 28.5 Å². The van der Waals surface area contributed by atoms with Gasteiger partial charge < -0.3 is 11.1 Å². The first kappa shape index (κ1) is 16.4. The van der Waals surface area contributed by atoms with Gasteiger partial charge >= 0.3 is 0 Å². The number of halogens is 1. The van der Waals surface area contributed by atoms with Gasteiger partial charge in [0.15, 0.2) is 5.17 Å². The lowest BCUT2D eigenvalue weighted by Crippen LogP contribution is -2.34. The molecule has 24 heavy (non-hydrogen) atoms. The van der Waals surface area contributed by atoms with Crippen molar-refractivity contribution in [2.75, 3.05) is 17.7 Å². The lowest BCUT2D eigenvalue weighted by atomic mass is 9.93. The van der Waals surface area contributed by atoms with Crippen LogP contribution < -0.4 is 11.1 Å². The van der Waals surface area contributed by atoms with E-state index >= 15 is 0 Å². The zero-order valence-electron chi connectivity index (χ0n) is 13.1. The standard InChI is InChI=1S/C15H17FN6OS/c1-22-8-10(7-19-22)13(23)20-11-2-4-18-12(6-11)15(9-16)3-5-24-14(17)21-15/h2,4,6-8H,3,5,9H2,1H3,(H2,17,21)(H,18,20,23)/t15-/m1/s1. The molecule has 126 valence electrons. The van der Waals surface area contributed by atoms with Crippen LogP contribution in [0.2, 0.25) is 0 Å². The Balaban J connectivity index is 1.86. The van der Waals surface area contributed by atoms with Gasteiger partial charge in [-0.1, -0.05) is 11.8 Å². The Kier molecular flexibility index (Phi) is 4.52. The van der Waals surface area contributed by atoms with E-state index in [-0.39, 0.29) is 5.91 Å². The number of hydrogen-bond donors (Lipinski definition) is 2. The third-order valence-corrected chi connectivity index (χ3v) is 4.57. The van der Waals surface area contributed by atoms with Gasteiger partial charge in [-0.05, 0) is 18.6 Å². The summed E-state index contributed by atoms with van der Waals surface area (Å²) >= 11 is 1.40. The third-order valence-electron chi connectivity index (χ3n) is 3.77. The van der Waals surface area contributed by atoms with Crippen molar-refractivity contribution < 1.29 is 9.18 Å². The smallest absolute Gasteiger partial charge is 0.258 e. The number of rotatable bonds is 4. The molecule has 3 rings (SSSR count). The van der Waals surface area contributed by atoms with Gasteiger partial charge in [0, 0.05) is 30.9 Å². The second-order valence-electron chi connectivity index (χ2n) is 5.50. The average Bonchev–Trinajstić information content (AvgIpc) is 3.01. The molecule has 1 aliphatic heterocycles. The maximum Gasteiger partial charge on any atom is 0.258 e. The number of thioether (sulfide) groups is 1. The fourth-order valence-corrected chi connectivity index (χ4v) is 3.37. The van der Waals surface area contributed by atoms with Crippen molar-refractivity contribution in [1.29, 1.82) is 0 Å². The molecule has 9 heteroatoms. The molecule has 0 aromatic carbocycles. The molecule has 0 bridgehead atoms. The number of alkyl halides is 1. The van der Waals surface area contributed by atoms with Crippen LogP contribution in [-0.2, 0) is 12.6 Å². The molecule has 2 aromatic rings. The van der Waals surface area contributed by atoms with Gasteiger partial charge in [-0.3, -0.25) is 14.5 Å². The van der Waals surface area contributed by atoms with Gasteiger partial charge in [-0.2, -0.15) is 5.10 Å². The molecule has 3 heterocycles. The number of aliphatic imine (C=N–C) groups is 1. The highest BCUT2D eigenvalue weighted by atomic mass is 32.2. The van der Waals surface area contributed by atoms with E-state index in [1.807, 2.05) is 0 Å². The lowest BCUT2D eigenvalue weighted by molar-refractivity contribution is 0.102. The normalized spacial score (nSPS) is 20.5. The molecule has 3 N–H and O–H groups in total. The van der Waals surface area contributed by atoms with Crippen LogP contribution in [0, 0.1) is 0 Å². The summed E-state index contributed by atoms with van der Waals surface area (Å²) in [4.78, 5) is 20.7. The molecule has 0 saturated heterocycles. The first-order valence-electron chi connectivity index (χ1n) is 7.33. The first-order valence-corrected chi connectivity index (χ1v) is 8.31. The molecule has 0 fully saturated rings. The first-order chi connectivity index (χ1) is 11.5. The second kappa shape index (κ2) is 6.60. The van der Waals surface area contributed by atoms with Crippen molar-refractivity contribution in [2.24, 2.45) is 17.8 Å². The van der Waals surface area contributed by atoms with Crippen molar-refractivity contribution in [3.63, 3.8) is 0 Å². The lowest BCUT2D eigenvalue weighted by Gasteiger charge is -2.30. The number of carbonyl (C=O) groups is 1. The van der Waals surface area contributed by atoms with E-state index in [4.69, 9.17) is 5.73 Å². The summed E-state index contributed by atoms with van der Waals surface area (Å²) in [5.41, 5.74) is 6.10. The zero-order chi connectivity index (χ0) is 17.2. The molecule has 0 spiro atoms. The van der Waals surface area contributed by atoms with Crippen molar-refractivity contribution in [2.45, 2.75) is 12.0 Å². The number of amidine groups is 1. The van der Waals surface area contributed by atoms with Crippen LogP contribution in [0.5, 0.6) is 0 Å². The molecular weight excluding hydrogens is 331 g/mol. The second-order valence-corrected chi connectivity index (χ2v) is 6.62. The van der Waals surface area contributed by atoms with Crippen molar-refractivity contribution in [1.82, 2.24) is 14.8 Å². The van der Waals surface area contributed by atoms with Crippen molar-refractivity contribution in [3.8, 4) is 0 Å². The van der Waals surface area contributed by atoms with E-state index in [9.17, 15) is 9.18 Å². The predicted octanol–water partition coefficient (Wildman–Crippen LogP) is 1.68. The van der Waals surface area contributed by atoms with E-state index in [2.05, 4.69) is 20.4 Å². The molecule has 1 amide bonds. The molecular formula is C15H17FN6OS. The summed E-state index contributed by atoms with van der Waals surface area (Å²) in [6.07, 6.45) is 5.12. The Labute approximate surface area is 142 Å². The number of hydrogen-bond acceptors (Lipinski definition) is 6. The SMILES string of the molecule is Cn1cc(C(=O)Nc2ccnc([C@]3(CF)CCSC(N)=N3)c2)cn1. The molecule has 0 unspecified atom stereocenters. The van der Waals surface area contributed by atoms with Gasteiger partial charge in [-0.15, -0.1) is 0 Å². The molecule has 7 nitrogen and oxygen atoms in total. The van der Waals surface area contributed by atoms with Crippen molar-refractivity contribution in [3.05, 3.63) is 42.0 Å². The zero-order valence-corrected chi connectivity index (χ0v) is 13.9. The topological polar surface area (TPSA) is 98.2 Å². The van der Waals surface area contributed by atoms with Crippen LogP contribution in [0.1, 0.15) is 22.5 Å². The summed E-state index contributed by atoms with van der Waals surface area (Å²) in [6, 6.07) is 3.29. The summed E-state index contributed by atoms with van der Waals surface area (Å²) in [5.74, 6) is 0.379. The monoisotopic (exact) mass is 348 g/mol. The Bertz CT molecular complexity index is 792. The van der Waals surface area contributed by atoms with Crippen LogP contribution in [0.4, 0.5) is 10.1 Å². The number of carbonyl (C=O) groups excluding carboxylic acids is 1. The van der Waals surface area contributed by atoms with Crippen LogP contribution in [0.15, 0.2) is 35.7 Å². The van der Waals surface area contributed by atoms with Gasteiger partial charge in [0.2, 0.25) is 0 Å². The van der Waals surface area contributed by atoms with Crippen LogP contribution in [-0.4, -0.2) is 38.3 Å². The van der Waals surface area contributed by atoms with E-state index < -0.39 is 12.2 Å². The van der Waals surface area contributed by atoms with E-state index in [0.29, 0.717) is 34.3 Å². The minimum atomic E-state index is -1.08. The average molecular weight is 348 g/mol. The number of nitrogens with two attached hydrogens (primary N) is 1. The Morgan fingerprint density at radius 1 is 1.58 bits per heavy atom. The van der Waals surface area contributed by atoms with E-state index in [1.165, 1.54) is 24.2 Å². The summed E-state index contributed by atoms with van der Waals surface area (Å²) in [7, 11) is 1.73. The molecule has 0 saturated carbocycles. The minimum absolute atomic E-state index is 0.295. The number of amides is 1. The highest BCUT2D eigenvalue weighted by Crippen LogP contribution is 2.35. The number of pyridine rings is 1. The summed E-state index contributed by atoms with van der Waals surface area (Å²) < 4.78 is 15.3. The minimum Gasteiger partial charge on any atom is -0.379 e. The van der Waals surface area contributed by atoms with E-state index in [0.717, 1.165) is 0 Å². The van der Waals surface area contributed by atoms with Gasteiger partial charge in [0.1, 0.15) is 12.2 Å². The third kappa shape index (κ3) is 3.25. The maximum absolute atomic E-state index is 13.7. The summed E-state index contributed by atoms with van der Waals surface area (Å²) in [6.45, 7) is -0.693. The Morgan fingerprint density at radius 2 is 2.42 bits per heavy atom. The number of anilines is 1. The quantitative estimate of drug-likeness (QED) is 0.876. The molecule has 1 aliphatic rings. The highest BCUT2D eigenvalue weighted by molar-refractivity contribution is 8.13. The summed E-state index contributed by atoms with van der Waals surface area (Å²) in [5, 5.41) is 7.08. The van der Waals surface area contributed by atoms with Crippen LogP contribution >= 0.6 is 11.8 Å². The molecule has 1 atom stereocenters. The molecule has 0 radical (unpaired) electrons. The van der Waals surface area contributed by atoms with Gasteiger partial charge in [0.25, 0.3) is 5.91 Å². The Hall–Kier alpha value is -2.42. The van der Waals surface area contributed by atoms with Gasteiger partial charge in [0.05, 0.1) is 17.5 Å². The fourth-order valence-electron chi connectivity index (χ4n) is 2.48. The highest BCUT2D eigenvalue weighted by Gasteiger charge is 2.36. The molecule has 0 aliphatic carbocycles.